The van der Waals surface area contributed by atoms with Crippen molar-refractivity contribution in [1.82, 2.24) is 19.9 Å². The number of nitrogens with zero attached hydrogens (tertiary/aromatic N) is 3. The van der Waals surface area contributed by atoms with E-state index < -0.39 is 0 Å². The number of hydrogen-bond donors (Lipinski definition) is 2. The number of nitrogens with two attached hydrogens (primary N) is 1. The zero-order valence-electron chi connectivity index (χ0n) is 12.4. The second-order valence-corrected chi connectivity index (χ2v) is 5.19. The zero-order chi connectivity index (χ0) is 15.2. The highest BCUT2D eigenvalue weighted by Gasteiger charge is 2.08. The molecule has 112 valence electrons. The van der Waals surface area contributed by atoms with E-state index >= 15 is 0 Å². The van der Waals surface area contributed by atoms with Crippen molar-refractivity contribution in [3.63, 3.8) is 0 Å². The molecule has 0 radical (unpaired) electrons. The number of amides is 1. The molecule has 1 amide bonds. The normalized spacial score (nSPS) is 10.8. The van der Waals surface area contributed by atoms with Gasteiger partial charge in [-0.05, 0) is 18.6 Å². The first-order chi connectivity index (χ1) is 10.1. The fourth-order valence-corrected chi connectivity index (χ4v) is 2.13. The van der Waals surface area contributed by atoms with Gasteiger partial charge in [0.25, 0.3) is 5.91 Å². The molecule has 6 nitrogen and oxygen atoms in total. The summed E-state index contributed by atoms with van der Waals surface area (Å²) in [6.45, 7) is 5.65. The summed E-state index contributed by atoms with van der Waals surface area (Å²) < 4.78 is 2.12. The first kappa shape index (κ1) is 15.0. The quantitative estimate of drug-likeness (QED) is 0.793. The van der Waals surface area contributed by atoms with Gasteiger partial charge in [-0.3, -0.25) is 4.79 Å². The molecule has 3 N–H and O–H groups in total. The van der Waals surface area contributed by atoms with Crippen LogP contribution in [0.3, 0.4) is 0 Å². The number of nitrogens with one attached hydrogen (secondary N) is 1. The number of carbonyl (C=O) groups is 1. The Balaban J connectivity index is 1.79. The van der Waals surface area contributed by atoms with Gasteiger partial charge in [0.15, 0.2) is 0 Å². The third-order valence-electron chi connectivity index (χ3n) is 3.13. The van der Waals surface area contributed by atoms with Crippen LogP contribution in [0.2, 0.25) is 0 Å². The Kier molecular flexibility index (Phi) is 4.92. The highest BCUT2D eigenvalue weighted by molar-refractivity contribution is 5.92. The number of nitrogen functional groups attached to an aromatic ring is 1. The number of imidazole rings is 1. The summed E-state index contributed by atoms with van der Waals surface area (Å²) in [4.78, 5) is 20.2. The number of aryl methyl sites for hydroxylation is 1. The van der Waals surface area contributed by atoms with Gasteiger partial charge in [0.2, 0.25) is 0 Å². The van der Waals surface area contributed by atoms with E-state index in [2.05, 4.69) is 33.7 Å². The van der Waals surface area contributed by atoms with E-state index in [9.17, 15) is 4.79 Å². The number of hydrogen-bond acceptors (Lipinski definition) is 4. The summed E-state index contributed by atoms with van der Waals surface area (Å²) in [7, 11) is 0. The van der Waals surface area contributed by atoms with Crippen LogP contribution in [-0.4, -0.2) is 27.0 Å². The van der Waals surface area contributed by atoms with Gasteiger partial charge in [-0.1, -0.05) is 19.9 Å². The van der Waals surface area contributed by atoms with Crippen LogP contribution in [0.15, 0.2) is 30.6 Å². The van der Waals surface area contributed by atoms with Gasteiger partial charge in [0.1, 0.15) is 17.3 Å². The van der Waals surface area contributed by atoms with E-state index in [0.29, 0.717) is 24.0 Å². The number of carbonyl (C=O) groups excluding carboxylic acids is 1. The van der Waals surface area contributed by atoms with Crippen molar-refractivity contribution in [2.24, 2.45) is 0 Å². The lowest BCUT2D eigenvalue weighted by Crippen LogP contribution is -2.26. The molecule has 2 heterocycles. The second kappa shape index (κ2) is 6.88. The lowest BCUT2D eigenvalue weighted by molar-refractivity contribution is 0.0948. The highest BCUT2D eigenvalue weighted by Crippen LogP contribution is 2.11. The number of anilines is 1. The van der Waals surface area contributed by atoms with Crippen LogP contribution >= 0.6 is 0 Å². The molecule has 2 rings (SSSR count). The summed E-state index contributed by atoms with van der Waals surface area (Å²) in [5, 5.41) is 2.85. The SMILES string of the molecule is CC(C)c1nccn1CCCNC(=O)c1cccc(N)n1. The molecule has 6 heteroatoms. The average molecular weight is 287 g/mol. The summed E-state index contributed by atoms with van der Waals surface area (Å²) in [5.41, 5.74) is 5.91. The van der Waals surface area contributed by atoms with Crippen molar-refractivity contribution in [1.29, 1.82) is 0 Å². The van der Waals surface area contributed by atoms with Gasteiger partial charge in [-0.2, -0.15) is 0 Å². The standard InChI is InChI=1S/C15H21N5O/c1-11(2)14-17-8-10-20(14)9-4-7-18-15(21)12-5-3-6-13(16)19-12/h3,5-6,8,10-11H,4,7,9H2,1-2H3,(H2,16,19)(H,18,21). The van der Waals surface area contributed by atoms with Crippen molar-refractivity contribution in [3.8, 4) is 0 Å². The van der Waals surface area contributed by atoms with Crippen molar-refractivity contribution in [3.05, 3.63) is 42.1 Å². The fourth-order valence-electron chi connectivity index (χ4n) is 2.13. The van der Waals surface area contributed by atoms with E-state index in [4.69, 9.17) is 5.73 Å². The molecule has 0 spiro atoms. The minimum atomic E-state index is -0.197. The molecule has 21 heavy (non-hydrogen) atoms. The van der Waals surface area contributed by atoms with Crippen LogP contribution in [0.4, 0.5) is 5.82 Å². The Morgan fingerprint density at radius 2 is 2.24 bits per heavy atom. The van der Waals surface area contributed by atoms with E-state index in [1.807, 2.05) is 12.4 Å². The molecule has 0 aliphatic rings. The van der Waals surface area contributed by atoms with Gasteiger partial charge < -0.3 is 15.6 Å². The molecule has 2 aromatic heterocycles. The van der Waals surface area contributed by atoms with Crippen molar-refractivity contribution < 1.29 is 4.79 Å². The smallest absolute Gasteiger partial charge is 0.269 e. The lowest BCUT2D eigenvalue weighted by atomic mass is 10.2. The third kappa shape index (κ3) is 4.05. The molecular formula is C15H21N5O. The van der Waals surface area contributed by atoms with E-state index in [-0.39, 0.29) is 5.91 Å². The Morgan fingerprint density at radius 1 is 1.43 bits per heavy atom. The summed E-state index contributed by atoms with van der Waals surface area (Å²) >= 11 is 0. The Hall–Kier alpha value is -2.37. The van der Waals surface area contributed by atoms with Crippen molar-refractivity contribution in [2.75, 3.05) is 12.3 Å². The maximum absolute atomic E-state index is 11.9. The van der Waals surface area contributed by atoms with Gasteiger partial charge >= 0.3 is 0 Å². The Bertz CT molecular complexity index is 606. The predicted molar refractivity (Wildman–Crippen MR) is 81.9 cm³/mol. The molecular weight excluding hydrogens is 266 g/mol. The number of pyridine rings is 1. The van der Waals surface area contributed by atoms with E-state index in [0.717, 1.165) is 18.8 Å². The molecule has 0 atom stereocenters. The molecule has 0 unspecified atom stereocenters. The zero-order valence-corrected chi connectivity index (χ0v) is 12.4. The second-order valence-electron chi connectivity index (χ2n) is 5.19. The first-order valence-electron chi connectivity index (χ1n) is 7.09. The lowest BCUT2D eigenvalue weighted by Gasteiger charge is -2.10. The van der Waals surface area contributed by atoms with Crippen LogP contribution in [-0.2, 0) is 6.54 Å². The van der Waals surface area contributed by atoms with Gasteiger partial charge in [0.05, 0.1) is 0 Å². The topological polar surface area (TPSA) is 85.8 Å². The van der Waals surface area contributed by atoms with E-state index in [1.54, 1.807) is 18.2 Å². The van der Waals surface area contributed by atoms with Crippen molar-refractivity contribution in [2.45, 2.75) is 32.7 Å². The fraction of sp³-hybridized carbons (Fsp3) is 0.400. The number of aromatic nitrogens is 3. The van der Waals surface area contributed by atoms with Crippen LogP contribution in [0.1, 0.15) is 42.5 Å². The Morgan fingerprint density at radius 3 is 2.95 bits per heavy atom. The first-order valence-corrected chi connectivity index (χ1v) is 7.09. The van der Waals surface area contributed by atoms with Gasteiger partial charge in [-0.15, -0.1) is 0 Å². The van der Waals surface area contributed by atoms with Crippen molar-refractivity contribution >= 4 is 11.7 Å². The van der Waals surface area contributed by atoms with Crippen LogP contribution in [0.25, 0.3) is 0 Å². The average Bonchev–Trinajstić information content (AvgIpc) is 2.92. The van der Waals surface area contributed by atoms with Crippen LogP contribution < -0.4 is 11.1 Å². The number of rotatable bonds is 6. The van der Waals surface area contributed by atoms with Crippen LogP contribution in [0, 0.1) is 0 Å². The predicted octanol–water partition coefficient (Wildman–Crippen LogP) is 1.80. The van der Waals surface area contributed by atoms with Crippen LogP contribution in [0.5, 0.6) is 0 Å². The monoisotopic (exact) mass is 287 g/mol. The molecule has 0 aromatic carbocycles. The van der Waals surface area contributed by atoms with Gasteiger partial charge in [-0.25, -0.2) is 9.97 Å². The minimum Gasteiger partial charge on any atom is -0.384 e. The highest BCUT2D eigenvalue weighted by atomic mass is 16.1. The largest absolute Gasteiger partial charge is 0.384 e. The molecule has 0 saturated heterocycles. The molecule has 0 bridgehead atoms. The molecule has 2 aromatic rings. The molecule has 0 aliphatic heterocycles. The summed E-state index contributed by atoms with van der Waals surface area (Å²) in [5.74, 6) is 1.62. The van der Waals surface area contributed by atoms with E-state index in [1.165, 1.54) is 0 Å². The maximum atomic E-state index is 11.9. The third-order valence-corrected chi connectivity index (χ3v) is 3.13. The molecule has 0 fully saturated rings. The minimum absolute atomic E-state index is 0.197. The summed E-state index contributed by atoms with van der Waals surface area (Å²) in [6, 6.07) is 5.03. The Labute approximate surface area is 124 Å². The van der Waals surface area contributed by atoms with Gasteiger partial charge in [0, 0.05) is 31.4 Å². The summed E-state index contributed by atoms with van der Waals surface area (Å²) in [6.07, 6.45) is 4.62. The molecule has 0 saturated carbocycles. The molecule has 0 aliphatic carbocycles. The maximum Gasteiger partial charge on any atom is 0.269 e.